The predicted octanol–water partition coefficient (Wildman–Crippen LogP) is 2.61. The molecule has 1 amide bonds. The van der Waals surface area contributed by atoms with E-state index in [0.717, 1.165) is 0 Å². The summed E-state index contributed by atoms with van der Waals surface area (Å²) in [7, 11) is 1.45. The topological polar surface area (TPSA) is 29.1 Å². The number of nitrogens with one attached hydrogen (secondary N) is 1. The highest BCUT2D eigenvalue weighted by Gasteiger charge is 2.19. The van der Waals surface area contributed by atoms with Crippen LogP contribution in [0, 0.1) is 5.82 Å². The first kappa shape index (κ1) is 11.5. The van der Waals surface area contributed by atoms with Crippen molar-refractivity contribution < 1.29 is 9.18 Å². The summed E-state index contributed by atoms with van der Waals surface area (Å²) in [4.78, 5) is 11.1. The fourth-order valence-corrected chi connectivity index (χ4v) is 1.59. The molecule has 2 nitrogen and oxygen atoms in total. The minimum atomic E-state index is -0.993. The fourth-order valence-electron chi connectivity index (χ4n) is 0.975. The molecular formula is C9H8BrClFNO. The summed E-state index contributed by atoms with van der Waals surface area (Å²) in [5.41, 5.74) is 0.175. The molecule has 1 N–H and O–H groups in total. The van der Waals surface area contributed by atoms with E-state index in [2.05, 4.69) is 21.2 Å². The van der Waals surface area contributed by atoms with Crippen molar-refractivity contribution in [2.24, 2.45) is 0 Å². The zero-order valence-electron chi connectivity index (χ0n) is 7.35. The zero-order valence-corrected chi connectivity index (χ0v) is 9.69. The van der Waals surface area contributed by atoms with Crippen molar-refractivity contribution >= 4 is 33.4 Å². The Morgan fingerprint density at radius 3 is 2.79 bits per heavy atom. The van der Waals surface area contributed by atoms with E-state index in [-0.39, 0.29) is 5.56 Å². The highest BCUT2D eigenvalue weighted by atomic mass is 79.9. The number of carbonyl (C=O) groups is 1. The SMILES string of the molecule is CNC(=O)C(Cl)c1ccc(Br)cc1F. The van der Waals surface area contributed by atoms with Gasteiger partial charge >= 0.3 is 0 Å². The van der Waals surface area contributed by atoms with Gasteiger partial charge in [0, 0.05) is 17.1 Å². The molecule has 76 valence electrons. The molecule has 0 radical (unpaired) electrons. The van der Waals surface area contributed by atoms with E-state index in [1.165, 1.54) is 19.2 Å². The lowest BCUT2D eigenvalue weighted by Gasteiger charge is -2.09. The Hall–Kier alpha value is -0.610. The summed E-state index contributed by atoms with van der Waals surface area (Å²) < 4.78 is 13.9. The van der Waals surface area contributed by atoms with E-state index >= 15 is 0 Å². The quantitative estimate of drug-likeness (QED) is 0.829. The van der Waals surface area contributed by atoms with Crippen LogP contribution in [0.2, 0.25) is 0 Å². The van der Waals surface area contributed by atoms with Crippen LogP contribution in [0.3, 0.4) is 0 Å². The lowest BCUT2D eigenvalue weighted by atomic mass is 10.1. The normalized spacial score (nSPS) is 12.3. The average molecular weight is 281 g/mol. The highest BCUT2D eigenvalue weighted by molar-refractivity contribution is 9.10. The number of benzene rings is 1. The number of carbonyl (C=O) groups excluding carboxylic acids is 1. The van der Waals surface area contributed by atoms with Crippen LogP contribution in [-0.2, 0) is 4.79 Å². The van der Waals surface area contributed by atoms with Crippen molar-refractivity contribution in [3.05, 3.63) is 34.1 Å². The molecule has 5 heteroatoms. The van der Waals surface area contributed by atoms with Gasteiger partial charge in [0.2, 0.25) is 5.91 Å². The molecule has 0 bridgehead atoms. The maximum atomic E-state index is 13.3. The third kappa shape index (κ3) is 2.45. The molecular weight excluding hydrogens is 272 g/mol. The van der Waals surface area contributed by atoms with Gasteiger partial charge < -0.3 is 5.32 Å². The third-order valence-corrected chi connectivity index (χ3v) is 2.64. The van der Waals surface area contributed by atoms with Crippen molar-refractivity contribution in [2.45, 2.75) is 5.38 Å². The number of alkyl halides is 1. The molecule has 1 aromatic rings. The lowest BCUT2D eigenvalue weighted by molar-refractivity contribution is -0.120. The molecule has 0 aliphatic heterocycles. The molecule has 0 saturated carbocycles. The largest absolute Gasteiger partial charge is 0.358 e. The van der Waals surface area contributed by atoms with Crippen LogP contribution in [0.1, 0.15) is 10.9 Å². The first-order valence-electron chi connectivity index (χ1n) is 3.87. The second-order valence-electron chi connectivity index (χ2n) is 2.64. The number of amides is 1. The van der Waals surface area contributed by atoms with Crippen molar-refractivity contribution in [1.29, 1.82) is 0 Å². The number of rotatable bonds is 2. The van der Waals surface area contributed by atoms with Crippen molar-refractivity contribution in [1.82, 2.24) is 5.32 Å². The minimum absolute atomic E-state index is 0.175. The molecule has 1 rings (SSSR count). The molecule has 0 heterocycles. The molecule has 0 aromatic heterocycles. The van der Waals surface area contributed by atoms with Gasteiger partial charge in [-0.2, -0.15) is 0 Å². The Balaban J connectivity index is 3.01. The second-order valence-corrected chi connectivity index (χ2v) is 3.99. The van der Waals surface area contributed by atoms with Crippen LogP contribution in [-0.4, -0.2) is 13.0 Å². The third-order valence-electron chi connectivity index (χ3n) is 1.71. The van der Waals surface area contributed by atoms with Gasteiger partial charge in [0.15, 0.2) is 0 Å². The van der Waals surface area contributed by atoms with Crippen LogP contribution < -0.4 is 5.32 Å². The van der Waals surface area contributed by atoms with E-state index in [0.29, 0.717) is 4.47 Å². The zero-order chi connectivity index (χ0) is 10.7. The van der Waals surface area contributed by atoms with E-state index in [1.807, 2.05) is 0 Å². The smallest absolute Gasteiger partial charge is 0.242 e. The van der Waals surface area contributed by atoms with Crippen LogP contribution >= 0.6 is 27.5 Å². The fraction of sp³-hybridized carbons (Fsp3) is 0.222. The molecule has 0 aliphatic carbocycles. The maximum absolute atomic E-state index is 13.3. The standard InChI is InChI=1S/C9H8BrClFNO/c1-13-9(14)8(11)6-3-2-5(10)4-7(6)12/h2-4,8H,1H3,(H,13,14). The van der Waals surface area contributed by atoms with Gasteiger partial charge in [-0.05, 0) is 12.1 Å². The lowest BCUT2D eigenvalue weighted by Crippen LogP contribution is -2.23. The summed E-state index contributed by atoms with van der Waals surface area (Å²) in [6.45, 7) is 0. The van der Waals surface area contributed by atoms with Crippen LogP contribution in [0.4, 0.5) is 4.39 Å². The van der Waals surface area contributed by atoms with Gasteiger partial charge in [0.25, 0.3) is 0 Å². The Morgan fingerprint density at radius 2 is 2.29 bits per heavy atom. The van der Waals surface area contributed by atoms with E-state index in [4.69, 9.17) is 11.6 Å². The minimum Gasteiger partial charge on any atom is -0.358 e. The van der Waals surface area contributed by atoms with Crippen molar-refractivity contribution in [3.8, 4) is 0 Å². The molecule has 1 unspecified atom stereocenters. The van der Waals surface area contributed by atoms with Crippen LogP contribution in [0.25, 0.3) is 0 Å². The molecule has 0 aliphatic rings. The summed E-state index contributed by atoms with van der Waals surface area (Å²) in [6.07, 6.45) is 0. The predicted molar refractivity (Wildman–Crippen MR) is 56.8 cm³/mol. The molecule has 0 fully saturated rings. The van der Waals surface area contributed by atoms with Gasteiger partial charge in [-0.3, -0.25) is 4.79 Å². The Bertz CT molecular complexity index is 359. The van der Waals surface area contributed by atoms with Gasteiger partial charge in [-0.15, -0.1) is 11.6 Å². The van der Waals surface area contributed by atoms with Crippen LogP contribution in [0.15, 0.2) is 22.7 Å². The Labute approximate surface area is 94.6 Å². The maximum Gasteiger partial charge on any atom is 0.242 e. The summed E-state index contributed by atoms with van der Waals surface area (Å²) in [5, 5.41) is 1.36. The van der Waals surface area contributed by atoms with Gasteiger partial charge in [0.05, 0.1) is 0 Å². The van der Waals surface area contributed by atoms with Crippen LogP contribution in [0.5, 0.6) is 0 Å². The number of likely N-dealkylation sites (N-methyl/N-ethyl adjacent to an activating group) is 1. The summed E-state index contributed by atoms with van der Waals surface area (Å²) in [6, 6.07) is 4.39. The molecule has 1 aromatic carbocycles. The second kappa shape index (κ2) is 4.75. The van der Waals surface area contributed by atoms with Gasteiger partial charge in [-0.25, -0.2) is 4.39 Å². The van der Waals surface area contributed by atoms with E-state index in [1.54, 1.807) is 6.07 Å². The molecule has 0 spiro atoms. The molecule has 14 heavy (non-hydrogen) atoms. The van der Waals surface area contributed by atoms with E-state index in [9.17, 15) is 9.18 Å². The summed E-state index contributed by atoms with van der Waals surface area (Å²) >= 11 is 8.86. The van der Waals surface area contributed by atoms with E-state index < -0.39 is 17.1 Å². The molecule has 1 atom stereocenters. The Kier molecular flexibility index (Phi) is 3.89. The monoisotopic (exact) mass is 279 g/mol. The number of halogens is 3. The summed E-state index contributed by atoms with van der Waals surface area (Å²) in [5.74, 6) is -0.920. The van der Waals surface area contributed by atoms with Gasteiger partial charge in [0.1, 0.15) is 11.2 Å². The molecule has 0 saturated heterocycles. The average Bonchev–Trinajstić information content (AvgIpc) is 2.15. The first-order valence-corrected chi connectivity index (χ1v) is 5.10. The first-order chi connectivity index (χ1) is 6.56. The van der Waals surface area contributed by atoms with Crippen molar-refractivity contribution in [2.75, 3.05) is 7.05 Å². The number of hydrogen-bond acceptors (Lipinski definition) is 1. The van der Waals surface area contributed by atoms with Gasteiger partial charge in [-0.1, -0.05) is 22.0 Å². The van der Waals surface area contributed by atoms with Crippen molar-refractivity contribution in [3.63, 3.8) is 0 Å². The highest BCUT2D eigenvalue weighted by Crippen LogP contribution is 2.25. The Morgan fingerprint density at radius 1 is 1.64 bits per heavy atom. The number of hydrogen-bond donors (Lipinski definition) is 1.